The predicted octanol–water partition coefficient (Wildman–Crippen LogP) is 3.10. The first-order valence-corrected chi connectivity index (χ1v) is 7.30. The number of hydrogen-bond donors (Lipinski definition) is 1. The van der Waals surface area contributed by atoms with Crippen LogP contribution in [0.15, 0.2) is 12.3 Å². The van der Waals surface area contributed by atoms with E-state index >= 15 is 0 Å². The van der Waals surface area contributed by atoms with Gasteiger partial charge in [0.2, 0.25) is 0 Å². The summed E-state index contributed by atoms with van der Waals surface area (Å²) in [6.45, 7) is 3.63. The molecule has 1 aromatic rings. The zero-order chi connectivity index (χ0) is 13.7. The first kappa shape index (κ1) is 14.3. The van der Waals surface area contributed by atoms with Gasteiger partial charge in [0.05, 0.1) is 0 Å². The number of rotatable bonds is 8. The second kappa shape index (κ2) is 6.85. The Kier molecular flexibility index (Phi) is 5.14. The van der Waals surface area contributed by atoms with Crippen LogP contribution >= 0.6 is 0 Å². The van der Waals surface area contributed by atoms with E-state index in [1.54, 1.807) is 12.3 Å². The van der Waals surface area contributed by atoms with Gasteiger partial charge in [-0.25, -0.2) is 9.37 Å². The molecule has 1 fully saturated rings. The SMILES string of the molecule is CCCCCN(C)c1nccc(CNC2CC2)c1F. The highest BCUT2D eigenvalue weighted by Crippen LogP contribution is 2.22. The fraction of sp³-hybridized carbons (Fsp3) is 0.667. The monoisotopic (exact) mass is 265 g/mol. The molecule has 19 heavy (non-hydrogen) atoms. The van der Waals surface area contributed by atoms with Gasteiger partial charge in [0.15, 0.2) is 11.6 Å². The maximum atomic E-state index is 14.4. The topological polar surface area (TPSA) is 28.2 Å². The summed E-state index contributed by atoms with van der Waals surface area (Å²) in [6.07, 6.45) is 7.58. The van der Waals surface area contributed by atoms with Gasteiger partial charge in [-0.05, 0) is 25.3 Å². The number of nitrogens with one attached hydrogen (secondary N) is 1. The molecular formula is C15H24FN3. The number of hydrogen-bond acceptors (Lipinski definition) is 3. The zero-order valence-corrected chi connectivity index (χ0v) is 12.0. The molecule has 0 radical (unpaired) electrons. The summed E-state index contributed by atoms with van der Waals surface area (Å²) in [7, 11) is 1.92. The highest BCUT2D eigenvalue weighted by Gasteiger charge is 2.21. The molecule has 0 aliphatic heterocycles. The second-order valence-electron chi connectivity index (χ2n) is 5.39. The van der Waals surface area contributed by atoms with Crippen LogP contribution < -0.4 is 10.2 Å². The summed E-state index contributed by atoms with van der Waals surface area (Å²) in [5, 5.41) is 3.35. The van der Waals surface area contributed by atoms with Crippen LogP contribution in [0.2, 0.25) is 0 Å². The van der Waals surface area contributed by atoms with E-state index in [0.717, 1.165) is 18.5 Å². The van der Waals surface area contributed by atoms with Gasteiger partial charge in [-0.1, -0.05) is 19.8 Å². The van der Waals surface area contributed by atoms with Crippen molar-refractivity contribution in [3.8, 4) is 0 Å². The Morgan fingerprint density at radius 3 is 2.89 bits per heavy atom. The summed E-state index contributed by atoms with van der Waals surface area (Å²) >= 11 is 0. The molecule has 1 saturated carbocycles. The molecule has 3 nitrogen and oxygen atoms in total. The lowest BCUT2D eigenvalue weighted by atomic mass is 10.2. The van der Waals surface area contributed by atoms with Crippen molar-refractivity contribution >= 4 is 5.82 Å². The van der Waals surface area contributed by atoms with E-state index in [-0.39, 0.29) is 5.82 Å². The molecule has 0 bridgehead atoms. The third-order valence-corrected chi connectivity index (χ3v) is 3.57. The van der Waals surface area contributed by atoms with Crippen molar-refractivity contribution < 1.29 is 4.39 Å². The normalized spacial score (nSPS) is 14.7. The molecule has 0 amide bonds. The van der Waals surface area contributed by atoms with E-state index < -0.39 is 0 Å². The third-order valence-electron chi connectivity index (χ3n) is 3.57. The Balaban J connectivity index is 1.96. The largest absolute Gasteiger partial charge is 0.357 e. The lowest BCUT2D eigenvalue weighted by Crippen LogP contribution is -2.23. The van der Waals surface area contributed by atoms with E-state index in [1.807, 2.05) is 11.9 Å². The number of aromatic nitrogens is 1. The zero-order valence-electron chi connectivity index (χ0n) is 12.0. The lowest BCUT2D eigenvalue weighted by molar-refractivity contribution is 0.575. The van der Waals surface area contributed by atoms with Gasteiger partial charge >= 0.3 is 0 Å². The summed E-state index contributed by atoms with van der Waals surface area (Å²) in [6, 6.07) is 2.37. The minimum absolute atomic E-state index is 0.172. The van der Waals surface area contributed by atoms with Crippen LogP contribution in [0.25, 0.3) is 0 Å². The molecule has 1 aliphatic carbocycles. The van der Waals surface area contributed by atoms with E-state index in [0.29, 0.717) is 18.4 Å². The molecule has 0 atom stereocenters. The van der Waals surface area contributed by atoms with Gasteiger partial charge in [0, 0.05) is 37.9 Å². The molecule has 1 aliphatic rings. The number of anilines is 1. The predicted molar refractivity (Wildman–Crippen MR) is 76.9 cm³/mol. The highest BCUT2D eigenvalue weighted by molar-refractivity contribution is 5.42. The molecule has 2 rings (SSSR count). The Morgan fingerprint density at radius 1 is 1.42 bits per heavy atom. The van der Waals surface area contributed by atoms with Crippen LogP contribution in [0.4, 0.5) is 10.2 Å². The summed E-state index contributed by atoms with van der Waals surface area (Å²) < 4.78 is 14.4. The number of unbranched alkanes of at least 4 members (excludes halogenated alkanes) is 2. The summed E-state index contributed by atoms with van der Waals surface area (Å²) in [4.78, 5) is 6.11. The molecule has 1 N–H and O–H groups in total. The van der Waals surface area contributed by atoms with Crippen molar-refractivity contribution in [3.05, 3.63) is 23.6 Å². The molecule has 0 spiro atoms. The smallest absolute Gasteiger partial charge is 0.170 e. The first-order chi connectivity index (χ1) is 9.22. The van der Waals surface area contributed by atoms with Crippen molar-refractivity contribution in [2.24, 2.45) is 0 Å². The van der Waals surface area contributed by atoms with Crippen molar-refractivity contribution in [2.45, 2.75) is 51.6 Å². The fourth-order valence-corrected chi connectivity index (χ4v) is 2.12. The van der Waals surface area contributed by atoms with Gasteiger partial charge in [0.25, 0.3) is 0 Å². The number of pyridine rings is 1. The maximum absolute atomic E-state index is 14.4. The minimum atomic E-state index is -0.172. The molecule has 0 unspecified atom stereocenters. The molecular weight excluding hydrogens is 241 g/mol. The van der Waals surface area contributed by atoms with Crippen molar-refractivity contribution in [3.63, 3.8) is 0 Å². The molecule has 4 heteroatoms. The summed E-state index contributed by atoms with van der Waals surface area (Å²) in [5.41, 5.74) is 0.722. The first-order valence-electron chi connectivity index (χ1n) is 7.30. The van der Waals surface area contributed by atoms with Crippen molar-refractivity contribution in [1.29, 1.82) is 0 Å². The average Bonchev–Trinajstić information content (AvgIpc) is 3.22. The van der Waals surface area contributed by atoms with Crippen molar-refractivity contribution in [2.75, 3.05) is 18.5 Å². The van der Waals surface area contributed by atoms with Crippen LogP contribution in [0.5, 0.6) is 0 Å². The molecule has 1 heterocycles. The lowest BCUT2D eigenvalue weighted by Gasteiger charge is -2.19. The molecule has 106 valence electrons. The quantitative estimate of drug-likeness (QED) is 0.732. The Bertz CT molecular complexity index is 404. The van der Waals surface area contributed by atoms with Crippen LogP contribution in [0.3, 0.4) is 0 Å². The number of halogens is 1. The highest BCUT2D eigenvalue weighted by atomic mass is 19.1. The van der Waals surface area contributed by atoms with Gasteiger partial charge in [-0.2, -0.15) is 0 Å². The average molecular weight is 265 g/mol. The van der Waals surface area contributed by atoms with Crippen LogP contribution in [0.1, 0.15) is 44.6 Å². The van der Waals surface area contributed by atoms with E-state index in [1.165, 1.54) is 25.7 Å². The standard InChI is InChI=1S/C15H24FN3/c1-3-4-5-10-19(2)15-14(16)12(8-9-17-15)11-18-13-6-7-13/h8-9,13,18H,3-7,10-11H2,1-2H3. The van der Waals surface area contributed by atoms with Crippen LogP contribution in [-0.2, 0) is 6.54 Å². The Labute approximate surface area is 115 Å². The van der Waals surface area contributed by atoms with Crippen LogP contribution in [0, 0.1) is 5.82 Å². The molecule has 0 saturated heterocycles. The minimum Gasteiger partial charge on any atom is -0.357 e. The van der Waals surface area contributed by atoms with E-state index in [2.05, 4.69) is 17.2 Å². The van der Waals surface area contributed by atoms with Crippen molar-refractivity contribution in [1.82, 2.24) is 10.3 Å². The van der Waals surface area contributed by atoms with E-state index in [9.17, 15) is 4.39 Å². The van der Waals surface area contributed by atoms with Gasteiger partial charge in [0.1, 0.15) is 0 Å². The third kappa shape index (κ3) is 4.16. The molecule has 1 aromatic heterocycles. The Morgan fingerprint density at radius 2 is 2.21 bits per heavy atom. The van der Waals surface area contributed by atoms with Gasteiger partial charge in [-0.3, -0.25) is 0 Å². The Hall–Kier alpha value is -1.16. The van der Waals surface area contributed by atoms with Gasteiger partial charge < -0.3 is 10.2 Å². The fourth-order valence-electron chi connectivity index (χ4n) is 2.12. The second-order valence-corrected chi connectivity index (χ2v) is 5.39. The van der Waals surface area contributed by atoms with E-state index in [4.69, 9.17) is 0 Å². The van der Waals surface area contributed by atoms with Crippen LogP contribution in [-0.4, -0.2) is 24.6 Å². The number of nitrogens with zero attached hydrogens (tertiary/aromatic N) is 2. The van der Waals surface area contributed by atoms with Gasteiger partial charge in [-0.15, -0.1) is 0 Å². The molecule has 0 aromatic carbocycles. The summed E-state index contributed by atoms with van der Waals surface area (Å²) in [5.74, 6) is 0.306. The maximum Gasteiger partial charge on any atom is 0.170 e.